The van der Waals surface area contributed by atoms with Crippen LogP contribution in [-0.4, -0.2) is 47.5 Å². The van der Waals surface area contributed by atoms with Gasteiger partial charge in [0.15, 0.2) is 5.76 Å². The first-order valence-electron chi connectivity index (χ1n) is 12.7. The van der Waals surface area contributed by atoms with Crippen molar-refractivity contribution in [2.24, 2.45) is 5.92 Å². The normalized spacial score (nSPS) is 17.2. The lowest BCUT2D eigenvalue weighted by molar-refractivity contribution is -0.384. The molecule has 0 bridgehead atoms. The van der Waals surface area contributed by atoms with E-state index in [9.17, 15) is 14.9 Å². The van der Waals surface area contributed by atoms with Gasteiger partial charge in [-0.3, -0.25) is 14.9 Å². The number of hydrogen-bond donors (Lipinski definition) is 2. The van der Waals surface area contributed by atoms with E-state index < -0.39 is 4.92 Å². The molecule has 2 aromatic carbocycles. The van der Waals surface area contributed by atoms with E-state index in [1.807, 2.05) is 43.3 Å². The Balaban J connectivity index is 1.13. The van der Waals surface area contributed by atoms with Crippen molar-refractivity contribution < 1.29 is 14.1 Å². The highest BCUT2D eigenvalue weighted by Crippen LogP contribution is 2.29. The quantitative estimate of drug-likeness (QED) is 0.241. The SMILES string of the molecule is CN(C)c1nc(N[C@H]2CC[C@@H](CNC(=O)c3ccc(-c4cccc([N+](=O)[O-])c4)o3)CC2)nc2ccccc12. The zero-order valence-corrected chi connectivity index (χ0v) is 21.4. The van der Waals surface area contributed by atoms with Crippen LogP contribution in [0.3, 0.4) is 0 Å². The summed E-state index contributed by atoms with van der Waals surface area (Å²) >= 11 is 0. The Morgan fingerprint density at radius 2 is 1.84 bits per heavy atom. The molecular weight excluding hydrogens is 484 g/mol. The number of furan rings is 1. The summed E-state index contributed by atoms with van der Waals surface area (Å²) in [6, 6.07) is 17.7. The Kier molecular flexibility index (Phi) is 7.21. The van der Waals surface area contributed by atoms with Crippen LogP contribution in [0.15, 0.2) is 65.1 Å². The maximum atomic E-state index is 12.7. The summed E-state index contributed by atoms with van der Waals surface area (Å²) in [7, 11) is 3.96. The van der Waals surface area contributed by atoms with Crippen LogP contribution in [-0.2, 0) is 0 Å². The van der Waals surface area contributed by atoms with Gasteiger partial charge in [-0.1, -0.05) is 24.3 Å². The number of rotatable bonds is 8. The lowest BCUT2D eigenvalue weighted by atomic mass is 9.86. The number of aromatic nitrogens is 2. The van der Waals surface area contributed by atoms with Crippen molar-refractivity contribution in [2.75, 3.05) is 30.9 Å². The van der Waals surface area contributed by atoms with Crippen LogP contribution < -0.4 is 15.5 Å². The van der Waals surface area contributed by atoms with Crippen LogP contribution in [0.1, 0.15) is 36.2 Å². The van der Waals surface area contributed by atoms with Crippen molar-refractivity contribution in [3.05, 3.63) is 76.5 Å². The molecule has 4 aromatic rings. The van der Waals surface area contributed by atoms with Crippen molar-refractivity contribution in [2.45, 2.75) is 31.7 Å². The molecule has 38 heavy (non-hydrogen) atoms. The second-order valence-corrected chi connectivity index (χ2v) is 9.83. The molecule has 1 aliphatic carbocycles. The number of benzene rings is 2. The van der Waals surface area contributed by atoms with E-state index in [1.54, 1.807) is 24.3 Å². The van der Waals surface area contributed by atoms with Gasteiger partial charge in [0.2, 0.25) is 5.95 Å². The van der Waals surface area contributed by atoms with Gasteiger partial charge in [0.1, 0.15) is 11.6 Å². The second kappa shape index (κ2) is 10.9. The Morgan fingerprint density at radius 1 is 1.05 bits per heavy atom. The number of non-ortho nitro benzene ring substituents is 1. The lowest BCUT2D eigenvalue weighted by Gasteiger charge is -2.29. The number of hydrogen-bond acceptors (Lipinski definition) is 8. The molecule has 1 amide bonds. The molecule has 196 valence electrons. The van der Waals surface area contributed by atoms with Gasteiger partial charge < -0.3 is 20.0 Å². The minimum absolute atomic E-state index is 0.0275. The summed E-state index contributed by atoms with van der Waals surface area (Å²) in [6.45, 7) is 0.565. The monoisotopic (exact) mass is 514 g/mol. The molecule has 2 heterocycles. The Morgan fingerprint density at radius 3 is 2.61 bits per heavy atom. The smallest absolute Gasteiger partial charge is 0.287 e. The van der Waals surface area contributed by atoms with Crippen LogP contribution in [0.4, 0.5) is 17.5 Å². The van der Waals surface area contributed by atoms with Crippen molar-refractivity contribution in [3.63, 3.8) is 0 Å². The number of nitro benzene ring substituents is 1. The van der Waals surface area contributed by atoms with Gasteiger partial charge in [-0.25, -0.2) is 4.98 Å². The molecule has 2 aromatic heterocycles. The average Bonchev–Trinajstić information content (AvgIpc) is 3.43. The highest BCUT2D eigenvalue weighted by Gasteiger charge is 2.23. The lowest BCUT2D eigenvalue weighted by Crippen LogP contribution is -2.34. The van der Waals surface area contributed by atoms with Gasteiger partial charge in [0.25, 0.3) is 11.6 Å². The molecule has 1 aliphatic rings. The summed E-state index contributed by atoms with van der Waals surface area (Å²) in [6.07, 6.45) is 3.88. The van der Waals surface area contributed by atoms with Gasteiger partial charge >= 0.3 is 0 Å². The fourth-order valence-electron chi connectivity index (χ4n) is 4.87. The number of carbonyl (C=O) groups excluding carboxylic acids is 1. The predicted molar refractivity (Wildman–Crippen MR) is 146 cm³/mol. The first-order valence-corrected chi connectivity index (χ1v) is 12.7. The minimum atomic E-state index is -0.458. The zero-order valence-electron chi connectivity index (χ0n) is 21.4. The highest BCUT2D eigenvalue weighted by atomic mass is 16.6. The van der Waals surface area contributed by atoms with Crippen molar-refractivity contribution in [3.8, 4) is 11.3 Å². The summed E-state index contributed by atoms with van der Waals surface area (Å²) in [5, 5.41) is 18.5. The van der Waals surface area contributed by atoms with E-state index >= 15 is 0 Å². The number of nitrogens with zero attached hydrogens (tertiary/aromatic N) is 4. The number of amides is 1. The van der Waals surface area contributed by atoms with E-state index in [2.05, 4.69) is 10.6 Å². The number of nitro groups is 1. The van der Waals surface area contributed by atoms with E-state index in [4.69, 9.17) is 14.4 Å². The topological polar surface area (TPSA) is 126 Å². The molecule has 10 nitrogen and oxygen atoms in total. The van der Waals surface area contributed by atoms with Gasteiger partial charge in [0.05, 0.1) is 10.4 Å². The fourth-order valence-corrected chi connectivity index (χ4v) is 4.87. The minimum Gasteiger partial charge on any atom is -0.451 e. The van der Waals surface area contributed by atoms with Gasteiger partial charge in [-0.2, -0.15) is 4.98 Å². The van der Waals surface area contributed by atoms with Crippen LogP contribution in [0.2, 0.25) is 0 Å². The van der Waals surface area contributed by atoms with Crippen molar-refractivity contribution in [1.29, 1.82) is 0 Å². The van der Waals surface area contributed by atoms with Crippen molar-refractivity contribution >= 4 is 34.3 Å². The van der Waals surface area contributed by atoms with Gasteiger partial charge in [0, 0.05) is 49.8 Å². The summed E-state index contributed by atoms with van der Waals surface area (Å²) < 4.78 is 5.68. The molecule has 10 heteroatoms. The van der Waals surface area contributed by atoms with E-state index in [-0.39, 0.29) is 23.4 Å². The molecule has 0 spiro atoms. The van der Waals surface area contributed by atoms with Crippen LogP contribution in [0.5, 0.6) is 0 Å². The molecule has 5 rings (SSSR count). The summed E-state index contributed by atoms with van der Waals surface area (Å²) in [5.41, 5.74) is 1.44. The summed E-state index contributed by atoms with van der Waals surface area (Å²) in [4.78, 5) is 34.7. The molecule has 2 N–H and O–H groups in total. The Bertz CT molecular complexity index is 1460. The summed E-state index contributed by atoms with van der Waals surface area (Å²) in [5.74, 6) is 2.22. The molecule has 0 atom stereocenters. The molecular formula is C28H30N6O4. The molecule has 0 unspecified atom stereocenters. The van der Waals surface area contributed by atoms with Crippen molar-refractivity contribution in [1.82, 2.24) is 15.3 Å². The fraction of sp³-hybridized carbons (Fsp3) is 0.321. The third-order valence-electron chi connectivity index (χ3n) is 6.91. The molecule has 0 radical (unpaired) electrons. The van der Waals surface area contributed by atoms with Crippen LogP contribution in [0.25, 0.3) is 22.2 Å². The van der Waals surface area contributed by atoms with Crippen LogP contribution in [0, 0.1) is 16.0 Å². The number of fused-ring (bicyclic) bond motifs is 1. The third kappa shape index (κ3) is 5.59. The maximum absolute atomic E-state index is 12.7. The number of para-hydroxylation sites is 1. The zero-order chi connectivity index (χ0) is 26.6. The van der Waals surface area contributed by atoms with E-state index in [0.29, 0.717) is 29.7 Å². The largest absolute Gasteiger partial charge is 0.451 e. The average molecular weight is 515 g/mol. The number of nitrogens with one attached hydrogen (secondary N) is 2. The Labute approximate surface area is 220 Å². The number of carbonyl (C=O) groups is 1. The standard InChI is InChI=1S/C28H30N6O4/c1-33(2)26-22-8-3-4-9-23(22)31-28(32-26)30-20-12-10-18(11-13-20)17-29-27(35)25-15-14-24(38-25)19-6-5-7-21(16-19)34(36)37/h3-9,14-16,18,20H,10-13,17H2,1-2H3,(H,29,35)(H,30,31,32)/t18-,20+. The first kappa shape index (κ1) is 25.2. The predicted octanol–water partition coefficient (Wildman–Crippen LogP) is 5.26. The molecule has 1 fully saturated rings. The van der Waals surface area contributed by atoms with Crippen LogP contribution >= 0.6 is 0 Å². The maximum Gasteiger partial charge on any atom is 0.287 e. The number of anilines is 2. The first-order chi connectivity index (χ1) is 18.4. The van der Waals surface area contributed by atoms with E-state index in [1.165, 1.54) is 12.1 Å². The van der Waals surface area contributed by atoms with E-state index in [0.717, 1.165) is 42.4 Å². The molecule has 0 saturated heterocycles. The third-order valence-corrected chi connectivity index (χ3v) is 6.91. The second-order valence-electron chi connectivity index (χ2n) is 9.83. The van der Waals surface area contributed by atoms with Gasteiger partial charge in [-0.05, 0) is 55.9 Å². The van der Waals surface area contributed by atoms with Gasteiger partial charge in [-0.15, -0.1) is 0 Å². The Hall–Kier alpha value is -4.47. The molecule has 1 saturated carbocycles. The highest BCUT2D eigenvalue weighted by molar-refractivity contribution is 5.92. The molecule has 0 aliphatic heterocycles.